The van der Waals surface area contributed by atoms with Crippen molar-refractivity contribution in [1.82, 2.24) is 28.8 Å². The molecule has 3 atom stereocenters. The second kappa shape index (κ2) is 12.2. The van der Waals surface area contributed by atoms with E-state index in [1.165, 1.54) is 15.8 Å². The third kappa shape index (κ3) is 6.02. The van der Waals surface area contributed by atoms with E-state index in [4.69, 9.17) is 4.74 Å². The van der Waals surface area contributed by atoms with Crippen molar-refractivity contribution in [3.63, 3.8) is 0 Å². The lowest BCUT2D eigenvalue weighted by atomic mass is 9.98. The molecule has 43 heavy (non-hydrogen) atoms. The van der Waals surface area contributed by atoms with Gasteiger partial charge in [-0.1, -0.05) is 0 Å². The highest BCUT2D eigenvalue weighted by molar-refractivity contribution is 5.78. The molecule has 14 heteroatoms. The van der Waals surface area contributed by atoms with Gasteiger partial charge in [0.25, 0.3) is 12.0 Å². The Morgan fingerprint density at radius 3 is 2.49 bits per heavy atom. The van der Waals surface area contributed by atoms with Gasteiger partial charge in [0.1, 0.15) is 6.04 Å². The van der Waals surface area contributed by atoms with Crippen molar-refractivity contribution in [2.75, 3.05) is 37.7 Å². The van der Waals surface area contributed by atoms with Crippen molar-refractivity contribution >= 4 is 22.6 Å². The lowest BCUT2D eigenvalue weighted by Gasteiger charge is -2.38. The van der Waals surface area contributed by atoms with Gasteiger partial charge in [0.2, 0.25) is 11.9 Å². The number of amides is 1. The molecule has 11 nitrogen and oxygen atoms in total. The number of ether oxygens (including phenoxy) is 1. The molecule has 6 rings (SSSR count). The lowest BCUT2D eigenvalue weighted by Crippen LogP contribution is -2.51. The van der Waals surface area contributed by atoms with Crippen LogP contribution in [0.5, 0.6) is 0 Å². The zero-order valence-electron chi connectivity index (χ0n) is 23.3. The number of morpholine rings is 1. The van der Waals surface area contributed by atoms with Crippen molar-refractivity contribution in [3.05, 3.63) is 71.4 Å². The number of aliphatic hydroxyl groups excluding tert-OH is 1. The predicted molar refractivity (Wildman–Crippen MR) is 151 cm³/mol. The summed E-state index contributed by atoms with van der Waals surface area (Å²) >= 11 is 0. The minimum atomic E-state index is -2.95. The van der Waals surface area contributed by atoms with Crippen LogP contribution in [0.3, 0.4) is 0 Å². The van der Waals surface area contributed by atoms with Crippen LogP contribution in [0.25, 0.3) is 16.7 Å². The van der Waals surface area contributed by atoms with Gasteiger partial charge in [0.15, 0.2) is 5.65 Å². The molecule has 228 valence electrons. The number of alkyl halides is 2. The molecule has 2 aliphatic rings. The van der Waals surface area contributed by atoms with E-state index in [2.05, 4.69) is 15.0 Å². The quantitative estimate of drug-likeness (QED) is 0.332. The van der Waals surface area contributed by atoms with Gasteiger partial charge in [0, 0.05) is 56.0 Å². The molecule has 0 bridgehead atoms. The maximum absolute atomic E-state index is 13.8. The minimum Gasteiger partial charge on any atom is -0.393 e. The number of carbonyl (C=O) groups is 1. The number of piperidine rings is 1. The molecule has 0 saturated carbocycles. The van der Waals surface area contributed by atoms with Gasteiger partial charge in [-0.05, 0) is 43.2 Å². The molecule has 1 amide bonds. The summed E-state index contributed by atoms with van der Waals surface area (Å²) in [7, 11) is 0. The summed E-state index contributed by atoms with van der Waals surface area (Å²) in [6.45, 7) is 3.19. The maximum Gasteiger partial charge on any atom is 0.262 e. The standard InChI is InChI=1S/C29H32F3N7O4/c30-25-7-10-39(34-25)24(27(31)32)16-26(41)37-8-5-22(40)15-21(37)17-36-18-33-28-23(29(36)42)6-9-38(28)20-3-1-19(2-4-20)35-11-13-43-14-12-35/h1-4,6-7,9-10,18,21-22,24,27,40H,5,8,11-17H2/t21-,22?,24?/m0/s1. The SMILES string of the molecule is O=C(CC(C(F)F)n1ccc(F)n1)N1CCC(O)C[C@H]1Cn1cnc2c(ccn2-c2ccc(N3CCOCC3)cc2)c1=O. The third-order valence-electron chi connectivity index (χ3n) is 8.18. The van der Waals surface area contributed by atoms with Crippen LogP contribution >= 0.6 is 0 Å². The number of benzene rings is 1. The molecule has 1 N–H and O–H groups in total. The molecular weight excluding hydrogens is 567 g/mol. The number of hydrogen-bond donors (Lipinski definition) is 1. The Bertz CT molecular complexity index is 1630. The molecule has 1 aromatic carbocycles. The van der Waals surface area contributed by atoms with Crippen molar-refractivity contribution in [2.24, 2.45) is 0 Å². The van der Waals surface area contributed by atoms with Gasteiger partial charge in [-0.3, -0.25) is 18.8 Å². The van der Waals surface area contributed by atoms with E-state index in [1.807, 2.05) is 28.8 Å². The molecule has 2 aliphatic heterocycles. The fourth-order valence-electron chi connectivity index (χ4n) is 5.89. The fourth-order valence-corrected chi connectivity index (χ4v) is 5.89. The van der Waals surface area contributed by atoms with Crippen LogP contribution in [0.4, 0.5) is 18.9 Å². The molecule has 3 aromatic heterocycles. The smallest absolute Gasteiger partial charge is 0.262 e. The summed E-state index contributed by atoms with van der Waals surface area (Å²) in [6.07, 6.45) is 0.420. The number of likely N-dealkylation sites (tertiary alicyclic amines) is 1. The van der Waals surface area contributed by atoms with Gasteiger partial charge >= 0.3 is 0 Å². The molecule has 0 radical (unpaired) electrons. The Morgan fingerprint density at radius 2 is 1.79 bits per heavy atom. The molecule has 0 aliphatic carbocycles. The van der Waals surface area contributed by atoms with Gasteiger partial charge < -0.3 is 24.2 Å². The Balaban J connectivity index is 1.21. The summed E-state index contributed by atoms with van der Waals surface area (Å²) in [4.78, 5) is 35.0. The van der Waals surface area contributed by atoms with Crippen molar-refractivity contribution in [1.29, 1.82) is 0 Å². The maximum atomic E-state index is 13.8. The van der Waals surface area contributed by atoms with Gasteiger partial charge in [-0.2, -0.15) is 4.39 Å². The molecule has 2 saturated heterocycles. The zero-order valence-corrected chi connectivity index (χ0v) is 23.3. The van der Waals surface area contributed by atoms with E-state index in [1.54, 1.807) is 12.3 Å². The van der Waals surface area contributed by atoms with Gasteiger partial charge in [-0.25, -0.2) is 13.8 Å². The number of aromatic nitrogens is 5. The number of hydrogen-bond acceptors (Lipinski definition) is 7. The first-order valence-electron chi connectivity index (χ1n) is 14.2. The number of halogens is 3. The third-order valence-corrected chi connectivity index (χ3v) is 8.18. The average Bonchev–Trinajstić information content (AvgIpc) is 3.64. The first-order valence-corrected chi connectivity index (χ1v) is 14.2. The molecule has 5 heterocycles. The molecule has 2 fully saturated rings. The van der Waals surface area contributed by atoms with Crippen LogP contribution in [-0.4, -0.2) is 91.2 Å². The monoisotopic (exact) mass is 599 g/mol. The van der Waals surface area contributed by atoms with Crippen molar-refractivity contribution < 1.29 is 27.8 Å². The number of carbonyl (C=O) groups excluding carboxylic acids is 1. The van der Waals surface area contributed by atoms with E-state index in [9.17, 15) is 27.9 Å². The number of anilines is 1. The largest absolute Gasteiger partial charge is 0.393 e. The number of nitrogens with zero attached hydrogens (tertiary/aromatic N) is 7. The summed E-state index contributed by atoms with van der Waals surface area (Å²) in [6, 6.07) is 8.34. The second-order valence-corrected chi connectivity index (χ2v) is 10.9. The highest BCUT2D eigenvalue weighted by atomic mass is 19.3. The molecule has 2 unspecified atom stereocenters. The van der Waals surface area contributed by atoms with Crippen LogP contribution in [0.2, 0.25) is 0 Å². The lowest BCUT2D eigenvalue weighted by molar-refractivity contribution is -0.139. The van der Waals surface area contributed by atoms with E-state index in [0.29, 0.717) is 24.2 Å². The summed E-state index contributed by atoms with van der Waals surface area (Å²) in [5.74, 6) is -1.51. The summed E-state index contributed by atoms with van der Waals surface area (Å²) < 4.78 is 50.4. The first-order chi connectivity index (χ1) is 20.8. The van der Waals surface area contributed by atoms with Crippen molar-refractivity contribution in [2.45, 2.75) is 50.4 Å². The number of aliphatic hydroxyl groups is 1. The van der Waals surface area contributed by atoms with Crippen LogP contribution in [0.15, 0.2) is 59.9 Å². The highest BCUT2D eigenvalue weighted by Crippen LogP contribution is 2.26. The number of fused-ring (bicyclic) bond motifs is 1. The van der Waals surface area contributed by atoms with Crippen molar-refractivity contribution in [3.8, 4) is 5.69 Å². The first kappa shape index (κ1) is 28.9. The topological polar surface area (TPSA) is 111 Å². The van der Waals surface area contributed by atoms with Gasteiger partial charge in [-0.15, -0.1) is 5.10 Å². The van der Waals surface area contributed by atoms with E-state index in [0.717, 1.165) is 41.4 Å². The highest BCUT2D eigenvalue weighted by Gasteiger charge is 2.35. The van der Waals surface area contributed by atoms with Crippen LogP contribution < -0.4 is 10.5 Å². The molecule has 4 aromatic rings. The van der Waals surface area contributed by atoms with Crippen LogP contribution in [-0.2, 0) is 16.1 Å². The van der Waals surface area contributed by atoms with E-state index in [-0.39, 0.29) is 31.5 Å². The number of rotatable bonds is 8. The Morgan fingerprint density at radius 1 is 1.05 bits per heavy atom. The average molecular weight is 600 g/mol. The minimum absolute atomic E-state index is 0.0275. The fraction of sp³-hybridized carbons (Fsp3) is 0.448. The Hall–Kier alpha value is -4.17. The van der Waals surface area contributed by atoms with Gasteiger partial charge in [0.05, 0.1) is 43.5 Å². The van der Waals surface area contributed by atoms with Crippen LogP contribution in [0, 0.1) is 5.95 Å². The zero-order chi connectivity index (χ0) is 30.1. The second-order valence-electron chi connectivity index (χ2n) is 10.9. The summed E-state index contributed by atoms with van der Waals surface area (Å²) in [5.41, 5.74) is 2.08. The molecule has 0 spiro atoms. The van der Waals surface area contributed by atoms with E-state index >= 15 is 0 Å². The van der Waals surface area contributed by atoms with Crippen LogP contribution in [0.1, 0.15) is 25.3 Å². The molecular formula is C29H32F3N7O4. The normalized spacial score (nSPS) is 20.2. The van der Waals surface area contributed by atoms with E-state index < -0.39 is 42.9 Å². The predicted octanol–water partition coefficient (Wildman–Crippen LogP) is 2.61. The summed E-state index contributed by atoms with van der Waals surface area (Å²) in [5, 5.41) is 14.1. The Labute approximate surface area is 244 Å². The Kier molecular flexibility index (Phi) is 8.21.